The molecule has 0 atom stereocenters. The zero-order chi connectivity index (χ0) is 2.00. The summed E-state index contributed by atoms with van der Waals surface area (Å²) in [5.41, 5.74) is 0. The van der Waals surface area contributed by atoms with E-state index in [0.29, 0.717) is 22.5 Å². The van der Waals surface area contributed by atoms with Gasteiger partial charge in [-0.3, -0.25) is 0 Å². The van der Waals surface area contributed by atoms with E-state index in [0.717, 1.165) is 0 Å². The van der Waals surface area contributed by atoms with E-state index in [1.54, 1.807) is 0 Å². The Morgan fingerprint density at radius 1 is 1.25 bits per heavy atom. The summed E-state index contributed by atoms with van der Waals surface area (Å²) in [6.45, 7) is 0. The molecule has 0 fully saturated rings. The SMILES string of the molecule is [InH3].[Mn].[O]=[Sn]. The van der Waals surface area contributed by atoms with Gasteiger partial charge >= 0.3 is 51.4 Å². The van der Waals surface area contributed by atoms with Gasteiger partial charge in [0.1, 0.15) is 0 Å². The van der Waals surface area contributed by atoms with E-state index in [4.69, 9.17) is 3.08 Å². The Morgan fingerprint density at radius 3 is 1.25 bits per heavy atom. The molecule has 0 saturated carbocycles. The van der Waals surface area contributed by atoms with Gasteiger partial charge in [0.25, 0.3) is 0 Å². The van der Waals surface area contributed by atoms with Crippen LogP contribution >= 0.6 is 0 Å². The van der Waals surface area contributed by atoms with Crippen LogP contribution in [0.5, 0.6) is 0 Å². The fourth-order valence-corrected chi connectivity index (χ4v) is 0. The molecule has 0 aromatic rings. The minimum absolute atomic E-state index is 0. The van der Waals surface area contributed by atoms with E-state index in [-0.39, 0.29) is 42.9 Å². The molecule has 0 N–H and O–H groups in total. The van der Waals surface area contributed by atoms with E-state index < -0.39 is 0 Å². The van der Waals surface area contributed by atoms with E-state index in [9.17, 15) is 0 Å². The molecular weight excluding hydrogens is 304 g/mol. The van der Waals surface area contributed by atoms with Crippen molar-refractivity contribution in [2.75, 3.05) is 0 Å². The van der Waals surface area contributed by atoms with Crippen LogP contribution in [0.2, 0.25) is 0 Å². The molecule has 0 aliphatic carbocycles. The van der Waals surface area contributed by atoms with E-state index in [2.05, 4.69) is 0 Å². The standard InChI is InChI=1S/In.Mn.O.Sn.3H. The van der Waals surface area contributed by atoms with Crippen molar-refractivity contribution in [3.8, 4) is 0 Å². The Labute approximate surface area is 67.6 Å². The van der Waals surface area contributed by atoms with Gasteiger partial charge in [0.2, 0.25) is 0 Å². The summed E-state index contributed by atoms with van der Waals surface area (Å²) in [4.78, 5) is 0. The van der Waals surface area contributed by atoms with E-state index >= 15 is 0 Å². The molecule has 0 bridgehead atoms. The van der Waals surface area contributed by atoms with Crippen molar-refractivity contribution in [2.45, 2.75) is 0 Å². The average Bonchev–Trinajstić information content (AvgIpc) is 1.00. The average molecular weight is 307 g/mol. The van der Waals surface area contributed by atoms with Crippen molar-refractivity contribution in [2.24, 2.45) is 0 Å². The first-order valence-corrected chi connectivity index (χ1v) is 1.37. The van der Waals surface area contributed by atoms with Crippen LogP contribution in [0.1, 0.15) is 0 Å². The number of hydrogen-bond acceptors (Lipinski definition) is 1. The quantitative estimate of drug-likeness (QED) is 0.488. The fourth-order valence-electron chi connectivity index (χ4n) is 0. The van der Waals surface area contributed by atoms with Crippen molar-refractivity contribution in [3.05, 3.63) is 0 Å². The third-order valence-corrected chi connectivity index (χ3v) is 0. The van der Waals surface area contributed by atoms with Crippen molar-refractivity contribution < 1.29 is 20.1 Å². The van der Waals surface area contributed by atoms with Crippen molar-refractivity contribution in [3.63, 3.8) is 0 Å². The topological polar surface area (TPSA) is 17.1 Å². The van der Waals surface area contributed by atoms with Gasteiger partial charge in [0, 0.05) is 17.1 Å². The Morgan fingerprint density at radius 2 is 1.25 bits per heavy atom. The predicted molar refractivity (Wildman–Crippen MR) is 16.4 cm³/mol. The van der Waals surface area contributed by atoms with Gasteiger partial charge in [-0.15, -0.1) is 0 Å². The number of hydrogen-bond donors (Lipinski definition) is 0. The van der Waals surface area contributed by atoms with Gasteiger partial charge < -0.3 is 0 Å². The summed E-state index contributed by atoms with van der Waals surface area (Å²) in [6, 6.07) is 0. The Hall–Kier alpha value is 1.99. The second kappa shape index (κ2) is 20.1. The van der Waals surface area contributed by atoms with Gasteiger partial charge in [-0.1, -0.05) is 0 Å². The van der Waals surface area contributed by atoms with E-state index in [1.165, 1.54) is 0 Å². The van der Waals surface area contributed by atoms with Gasteiger partial charge in [0.05, 0.1) is 0 Å². The van der Waals surface area contributed by atoms with Gasteiger partial charge in [0.15, 0.2) is 0 Å². The normalized spacial score (nSPS) is 1.00. The summed E-state index contributed by atoms with van der Waals surface area (Å²) >= 11 is 0.300. The second-order valence-corrected chi connectivity index (χ2v) is 0. The molecule has 3 radical (unpaired) electrons. The molecule has 4 heteroatoms. The molecule has 1 nitrogen and oxygen atoms in total. The molecule has 0 aliphatic heterocycles. The van der Waals surface area contributed by atoms with Crippen molar-refractivity contribution in [1.29, 1.82) is 0 Å². The van der Waals surface area contributed by atoms with Gasteiger partial charge in [-0.05, 0) is 0 Å². The molecule has 0 spiro atoms. The molecule has 0 aromatic carbocycles. The molecule has 0 rings (SSSR count). The van der Waals surface area contributed by atoms with Crippen molar-refractivity contribution >= 4 is 48.4 Å². The summed E-state index contributed by atoms with van der Waals surface area (Å²) in [6.07, 6.45) is 0. The Bertz CT molecular complexity index is 8.00. The molecule has 0 aromatic heterocycles. The third kappa shape index (κ3) is 9.01. The molecular formula is H3InMnOSn. The molecule has 4 heavy (non-hydrogen) atoms. The first kappa shape index (κ1) is 16.7. The fraction of sp³-hybridized carbons (Fsp3) is 0. The maximum absolute atomic E-state index is 8.34. The van der Waals surface area contributed by atoms with Crippen molar-refractivity contribution in [1.82, 2.24) is 0 Å². The molecule has 0 amide bonds. The monoisotopic (exact) mass is 309 g/mol. The van der Waals surface area contributed by atoms with Crippen LogP contribution in [-0.2, 0) is 20.1 Å². The van der Waals surface area contributed by atoms with Crippen LogP contribution in [-0.4, -0.2) is 48.4 Å². The van der Waals surface area contributed by atoms with Gasteiger partial charge in [-0.2, -0.15) is 0 Å². The first-order chi connectivity index (χ1) is 1.00. The molecule has 23 valence electrons. The molecule has 0 heterocycles. The molecule has 0 aliphatic rings. The van der Waals surface area contributed by atoms with Crippen LogP contribution in [0, 0.1) is 0 Å². The second-order valence-electron chi connectivity index (χ2n) is 0. The summed E-state index contributed by atoms with van der Waals surface area (Å²) < 4.78 is 8.34. The summed E-state index contributed by atoms with van der Waals surface area (Å²) in [5.74, 6) is 0. The predicted octanol–water partition coefficient (Wildman–Crippen LogP) is -1.69. The number of rotatable bonds is 0. The van der Waals surface area contributed by atoms with Crippen LogP contribution in [0.3, 0.4) is 0 Å². The van der Waals surface area contributed by atoms with Crippen LogP contribution in [0.25, 0.3) is 0 Å². The summed E-state index contributed by atoms with van der Waals surface area (Å²) in [5, 5.41) is 0. The molecule has 0 saturated heterocycles. The maximum atomic E-state index is 8.34. The zero-order valence-corrected chi connectivity index (χ0v) is 5.32. The third-order valence-electron chi connectivity index (χ3n) is 0. The van der Waals surface area contributed by atoms with Gasteiger partial charge in [-0.25, -0.2) is 0 Å². The summed E-state index contributed by atoms with van der Waals surface area (Å²) in [7, 11) is 0. The first-order valence-electron chi connectivity index (χ1n) is 0.204. The van der Waals surface area contributed by atoms with E-state index in [1.807, 2.05) is 0 Å². The molecule has 0 unspecified atom stereocenters. The Balaban J connectivity index is -0.00000000500. The van der Waals surface area contributed by atoms with Crippen LogP contribution < -0.4 is 0 Å². The van der Waals surface area contributed by atoms with Crippen LogP contribution in [0.4, 0.5) is 0 Å². The zero-order valence-electron chi connectivity index (χ0n) is 1.29. The Kier molecular flexibility index (Phi) is 83.7. The minimum atomic E-state index is 0. The van der Waals surface area contributed by atoms with Crippen LogP contribution in [0.15, 0.2) is 0 Å².